The first kappa shape index (κ1) is 39.0. The Bertz CT molecular complexity index is 1110. The van der Waals surface area contributed by atoms with E-state index in [1.165, 1.54) is 75.0 Å². The van der Waals surface area contributed by atoms with E-state index < -0.39 is 39.0 Å². The van der Waals surface area contributed by atoms with E-state index in [1.54, 1.807) is 0 Å². The van der Waals surface area contributed by atoms with Gasteiger partial charge in [0.2, 0.25) is 0 Å². The van der Waals surface area contributed by atoms with Crippen LogP contribution in [0, 0.1) is 0 Å². The number of imidazole rings is 1. The van der Waals surface area contributed by atoms with Crippen LogP contribution in [-0.4, -0.2) is 65.4 Å². The first-order valence-electron chi connectivity index (χ1n) is 13.8. The number of aliphatic hydroxyl groups is 2. The Morgan fingerprint density at radius 2 is 1.63 bits per heavy atom. The molecule has 3 rings (SSSR count). The van der Waals surface area contributed by atoms with Gasteiger partial charge in [0.15, 0.2) is 23.2 Å². The van der Waals surface area contributed by atoms with E-state index in [1.807, 2.05) is 0 Å². The molecule has 16 heteroatoms. The molecular weight excluding hydrogens is 575 g/mol. The number of phosphoric acid groups is 1. The number of nitrogens with zero attached hydrogens (tertiary/aromatic N) is 5. The molecule has 1 fully saturated rings. The molecule has 3 N–H and O–H groups in total. The third-order valence-electron chi connectivity index (χ3n) is 6.83. The Morgan fingerprint density at radius 3 is 2.20 bits per heavy atom. The molecule has 5 atom stereocenters. The number of ether oxygens (including phenoxy) is 1. The molecule has 220 valence electrons. The number of rotatable bonds is 18. The first-order valence-corrected chi connectivity index (χ1v) is 15.3. The molecule has 41 heavy (non-hydrogen) atoms. The summed E-state index contributed by atoms with van der Waals surface area (Å²) in [4.78, 5) is 36.7. The van der Waals surface area contributed by atoms with Crippen LogP contribution in [0.15, 0.2) is 17.6 Å². The standard InChI is InChI=1S/C25H42N5O8P.2Na/c1-2-3-4-5-6-7-8-9-10-11-12-13-14-19(32)29-23-20-24(27-16-26-23)30(17-28-20)25-21(33)22(18(15-31)37-25)38-39(34,35)36;;/h16-18,21-22,25,31,33H,2-15H2,1H3,(H2,34,35,36)(H,26,27,29,32);;/q;2*+1/p-2/t18-,21-,22-,25-;;/m1../s1. The second kappa shape index (κ2) is 20.1. The summed E-state index contributed by atoms with van der Waals surface area (Å²) < 4.78 is 22.5. The number of phosphoric ester groups is 1. The monoisotopic (exact) mass is 615 g/mol. The number of hydrogen-bond donors (Lipinski definition) is 3. The predicted octanol–water partition coefficient (Wildman–Crippen LogP) is -3.59. The minimum Gasteiger partial charge on any atom is -0.862 e. The van der Waals surface area contributed by atoms with Crippen molar-refractivity contribution in [1.29, 1.82) is 0 Å². The third kappa shape index (κ3) is 12.5. The summed E-state index contributed by atoms with van der Waals surface area (Å²) in [6.07, 6.45) is 11.5. The molecule has 1 saturated heterocycles. The van der Waals surface area contributed by atoms with Crippen molar-refractivity contribution < 1.29 is 98.0 Å². The quantitative estimate of drug-likeness (QED) is 0.0493. The number of aromatic nitrogens is 4. The van der Waals surface area contributed by atoms with E-state index >= 15 is 0 Å². The fraction of sp³-hybridized carbons (Fsp3) is 0.760. The molecule has 1 aliphatic rings. The summed E-state index contributed by atoms with van der Waals surface area (Å²) in [7, 11) is -5.21. The summed E-state index contributed by atoms with van der Waals surface area (Å²) in [5, 5.41) is 32.6. The van der Waals surface area contributed by atoms with Crippen LogP contribution in [-0.2, 0) is 13.8 Å². The topological polar surface area (TPSA) is 198 Å². The van der Waals surface area contributed by atoms with Gasteiger partial charge < -0.3 is 34.4 Å². The molecule has 0 bridgehead atoms. The van der Waals surface area contributed by atoms with E-state index in [0.717, 1.165) is 19.3 Å². The third-order valence-corrected chi connectivity index (χ3v) is 7.34. The van der Waals surface area contributed by atoms with Crippen molar-refractivity contribution in [2.75, 3.05) is 6.61 Å². The first-order chi connectivity index (χ1) is 18.7. The van der Waals surface area contributed by atoms with Gasteiger partial charge in [0.05, 0.1) is 12.9 Å². The number of fused-ring (bicyclic) bond motifs is 1. The zero-order chi connectivity index (χ0) is 28.3. The van der Waals surface area contributed by atoms with Gasteiger partial charge in [-0.25, -0.2) is 19.9 Å². The molecule has 0 radical (unpaired) electrons. The maximum Gasteiger partial charge on any atom is 1.00 e. The van der Waals surface area contributed by atoms with Gasteiger partial charge in [-0.05, 0) is 18.7 Å². The Morgan fingerprint density at radius 1 is 1.05 bits per heavy atom. The number of aliphatic imine (C=N–C) groups is 1. The summed E-state index contributed by atoms with van der Waals surface area (Å²) in [6, 6.07) is 0. The van der Waals surface area contributed by atoms with E-state index in [4.69, 9.17) is 9.63 Å². The van der Waals surface area contributed by atoms with Gasteiger partial charge in [0, 0.05) is 0 Å². The van der Waals surface area contributed by atoms with Crippen molar-refractivity contribution >= 4 is 30.7 Å². The molecule has 0 aliphatic carbocycles. The fourth-order valence-electron chi connectivity index (χ4n) is 4.78. The second-order valence-corrected chi connectivity index (χ2v) is 11.1. The number of unbranched alkanes of at least 4 members (excludes halogenated alkanes) is 11. The molecule has 0 spiro atoms. The molecule has 0 saturated carbocycles. The number of aliphatic hydroxyl groups excluding tert-OH is 2. The van der Waals surface area contributed by atoms with Crippen LogP contribution in [0.5, 0.6) is 0 Å². The summed E-state index contributed by atoms with van der Waals surface area (Å²) in [5.41, 5.74) is 0.371. The van der Waals surface area contributed by atoms with Crippen molar-refractivity contribution in [2.24, 2.45) is 4.99 Å². The molecule has 13 nitrogen and oxygen atoms in total. The van der Waals surface area contributed by atoms with Gasteiger partial charge in [-0.1, -0.05) is 77.6 Å². The Labute approximate surface area is 285 Å². The maximum absolute atomic E-state index is 12.5. The minimum atomic E-state index is -5.21. The molecule has 3 heterocycles. The van der Waals surface area contributed by atoms with E-state index in [-0.39, 0.29) is 82.0 Å². The Hall–Kier alpha value is 0.01000. The smallest absolute Gasteiger partial charge is 0.862 e. The zero-order valence-electron chi connectivity index (χ0n) is 24.4. The van der Waals surface area contributed by atoms with Gasteiger partial charge in [0.1, 0.15) is 24.6 Å². The zero-order valence-corrected chi connectivity index (χ0v) is 29.3. The van der Waals surface area contributed by atoms with Crippen LogP contribution in [0.3, 0.4) is 0 Å². The molecule has 2 aromatic heterocycles. The van der Waals surface area contributed by atoms with Crippen LogP contribution in [0.1, 0.15) is 96.6 Å². The molecular formula is C25H40N5Na2O8P. The summed E-state index contributed by atoms with van der Waals surface area (Å²) in [6.45, 7) is 1.56. The Kier molecular flexibility index (Phi) is 19.2. The predicted molar refractivity (Wildman–Crippen MR) is 140 cm³/mol. The average Bonchev–Trinajstić information content (AvgIpc) is 3.45. The van der Waals surface area contributed by atoms with Gasteiger partial charge >= 0.3 is 59.1 Å². The van der Waals surface area contributed by atoms with Gasteiger partial charge in [-0.3, -0.25) is 9.13 Å². The maximum atomic E-state index is 12.5. The minimum absolute atomic E-state index is 0. The van der Waals surface area contributed by atoms with Crippen molar-refractivity contribution in [3.8, 4) is 0 Å². The molecule has 2 aromatic rings. The van der Waals surface area contributed by atoms with E-state index in [2.05, 4.69) is 31.4 Å². The van der Waals surface area contributed by atoms with Crippen LogP contribution < -0.4 is 69.1 Å². The Balaban J connectivity index is 0.00000420. The van der Waals surface area contributed by atoms with Crippen molar-refractivity contribution in [3.05, 3.63) is 12.7 Å². The van der Waals surface area contributed by atoms with Gasteiger partial charge in [-0.2, -0.15) is 0 Å². The van der Waals surface area contributed by atoms with Gasteiger partial charge in [0.25, 0.3) is 7.82 Å². The molecule has 1 aliphatic heterocycles. The van der Waals surface area contributed by atoms with Crippen LogP contribution in [0.2, 0.25) is 0 Å². The average molecular weight is 616 g/mol. The molecule has 0 amide bonds. The van der Waals surface area contributed by atoms with Crippen LogP contribution in [0.4, 0.5) is 5.82 Å². The van der Waals surface area contributed by atoms with Crippen molar-refractivity contribution in [3.63, 3.8) is 0 Å². The second-order valence-electron chi connectivity index (χ2n) is 9.94. The van der Waals surface area contributed by atoms with Gasteiger partial charge in [-0.15, -0.1) is 0 Å². The molecule has 0 aromatic carbocycles. The van der Waals surface area contributed by atoms with E-state index in [9.17, 15) is 24.8 Å². The van der Waals surface area contributed by atoms with Crippen LogP contribution >= 0.6 is 7.82 Å². The van der Waals surface area contributed by atoms with E-state index in [0.29, 0.717) is 6.42 Å². The molecule has 1 unspecified atom stereocenters. The summed E-state index contributed by atoms with van der Waals surface area (Å²) in [5.74, 6) is -0.252. The van der Waals surface area contributed by atoms with Crippen LogP contribution in [0.25, 0.3) is 11.2 Å². The van der Waals surface area contributed by atoms with Crippen molar-refractivity contribution in [1.82, 2.24) is 19.5 Å². The largest absolute Gasteiger partial charge is 1.00 e. The fourth-order valence-corrected chi connectivity index (χ4v) is 5.35. The normalized spacial score (nSPS) is 22.3. The van der Waals surface area contributed by atoms with Crippen molar-refractivity contribution in [2.45, 2.75) is 115 Å². The number of hydrogen-bond acceptors (Lipinski definition) is 11. The SMILES string of the molecule is CCCCCCCCCCCCCCC([O-])=Nc1ncnc2c1ncn2[C@@H]1O[C@H](CO)[C@@H](OP(=O)([O-])O)[C@H]1O.[Na+].[Na+]. The summed E-state index contributed by atoms with van der Waals surface area (Å²) >= 11 is 0.